The zero-order chi connectivity index (χ0) is 25.1. The molecule has 1 aromatic carbocycles. The van der Waals surface area contributed by atoms with E-state index < -0.39 is 52.7 Å². The first-order chi connectivity index (χ1) is 16.6. The molecule has 5 rings (SSSR count). The highest BCUT2D eigenvalue weighted by atomic mass is 16.3. The van der Waals surface area contributed by atoms with Gasteiger partial charge in [0.25, 0.3) is 0 Å². The molecule has 0 bridgehead atoms. The maximum atomic E-state index is 13.5. The van der Waals surface area contributed by atoms with Crippen LogP contribution in [-0.4, -0.2) is 54.6 Å². The van der Waals surface area contributed by atoms with Gasteiger partial charge in [-0.15, -0.1) is 0 Å². The van der Waals surface area contributed by atoms with Crippen LogP contribution in [0.2, 0.25) is 0 Å². The van der Waals surface area contributed by atoms with Crippen molar-refractivity contribution in [2.75, 3.05) is 0 Å². The number of aliphatic hydroxyl groups is 3. The lowest BCUT2D eigenvalue weighted by Gasteiger charge is -2.48. The molecule has 1 heterocycles. The Morgan fingerprint density at radius 2 is 1.91 bits per heavy atom. The number of pyridine rings is 1. The number of primary amides is 1. The molecule has 35 heavy (non-hydrogen) atoms. The largest absolute Gasteiger partial charge is 0.507 e. The highest BCUT2D eigenvalue weighted by Gasteiger charge is 2.63. The van der Waals surface area contributed by atoms with Gasteiger partial charge in [-0.05, 0) is 55.0 Å². The number of aromatic nitrogens is 1. The lowest BCUT2D eigenvalue weighted by molar-refractivity contribution is -0.174. The predicted octanol–water partition coefficient (Wildman–Crippen LogP) is 0.384. The van der Waals surface area contributed by atoms with Crippen molar-refractivity contribution in [3.63, 3.8) is 0 Å². The molecule has 9 heteroatoms. The van der Waals surface area contributed by atoms with Crippen LogP contribution in [0.15, 0.2) is 42.2 Å². The van der Waals surface area contributed by atoms with E-state index in [2.05, 4.69) is 16.8 Å². The Kier molecular flexibility index (Phi) is 5.24. The number of nitrogens with two attached hydrogens (primary N) is 1. The van der Waals surface area contributed by atoms with Gasteiger partial charge in [0.1, 0.15) is 17.4 Å². The van der Waals surface area contributed by atoms with Crippen LogP contribution in [0.5, 0.6) is 5.75 Å². The fraction of sp³-hybridized carbons (Fsp3) is 0.308. The molecule has 0 spiro atoms. The Bertz CT molecular complexity index is 1370. The Labute approximate surface area is 199 Å². The molecular weight excluding hydrogens is 452 g/mol. The molecule has 2 fully saturated rings. The average Bonchev–Trinajstić information content (AvgIpc) is 2.81. The van der Waals surface area contributed by atoms with E-state index in [1.54, 1.807) is 30.6 Å². The van der Waals surface area contributed by atoms with Crippen LogP contribution in [0.1, 0.15) is 35.1 Å². The number of aromatic hydroxyl groups is 1. The summed E-state index contributed by atoms with van der Waals surface area (Å²) in [6.45, 7) is 0. The normalized spacial score (nSPS) is 29.4. The Balaban J connectivity index is 1.62. The van der Waals surface area contributed by atoms with Crippen molar-refractivity contribution in [1.82, 2.24) is 4.98 Å². The van der Waals surface area contributed by atoms with E-state index in [1.807, 2.05) is 0 Å². The van der Waals surface area contributed by atoms with Crippen LogP contribution in [-0.2, 0) is 20.8 Å². The fourth-order valence-corrected chi connectivity index (χ4v) is 5.62. The molecule has 2 saturated carbocycles. The Morgan fingerprint density at radius 3 is 2.60 bits per heavy atom. The summed E-state index contributed by atoms with van der Waals surface area (Å²) in [5.74, 6) is -1.41. The third-order valence-electron chi connectivity index (χ3n) is 7.27. The average molecular weight is 474 g/mol. The molecule has 9 nitrogen and oxygen atoms in total. The molecule has 2 unspecified atom stereocenters. The summed E-state index contributed by atoms with van der Waals surface area (Å²) < 4.78 is 0. The van der Waals surface area contributed by atoms with Crippen molar-refractivity contribution >= 4 is 23.2 Å². The number of hydrogen-bond acceptors (Lipinski definition) is 8. The number of hydrogen-bond donors (Lipinski definition) is 5. The molecular formula is C26H22N2O7. The van der Waals surface area contributed by atoms with Crippen molar-refractivity contribution < 1.29 is 34.8 Å². The molecule has 3 aliphatic rings. The van der Waals surface area contributed by atoms with Gasteiger partial charge in [0.05, 0.1) is 11.7 Å². The number of phenols is 1. The van der Waals surface area contributed by atoms with Crippen molar-refractivity contribution in [2.24, 2.45) is 23.5 Å². The van der Waals surface area contributed by atoms with E-state index in [4.69, 9.17) is 5.73 Å². The Hall–Kier alpha value is -4.00. The molecule has 178 valence electrons. The van der Waals surface area contributed by atoms with E-state index in [0.29, 0.717) is 16.7 Å². The van der Waals surface area contributed by atoms with Gasteiger partial charge in [0, 0.05) is 35.0 Å². The van der Waals surface area contributed by atoms with Gasteiger partial charge in [0.15, 0.2) is 11.4 Å². The van der Waals surface area contributed by atoms with Crippen LogP contribution in [0.25, 0.3) is 5.76 Å². The highest BCUT2D eigenvalue weighted by molar-refractivity contribution is 6.24. The number of fused-ring (bicyclic) bond motifs is 3. The van der Waals surface area contributed by atoms with Crippen LogP contribution in [0.4, 0.5) is 0 Å². The van der Waals surface area contributed by atoms with E-state index >= 15 is 0 Å². The van der Waals surface area contributed by atoms with Gasteiger partial charge < -0.3 is 26.2 Å². The minimum Gasteiger partial charge on any atom is -0.507 e. The summed E-state index contributed by atoms with van der Waals surface area (Å²) in [7, 11) is 0. The van der Waals surface area contributed by atoms with Gasteiger partial charge in [-0.1, -0.05) is 11.8 Å². The Morgan fingerprint density at radius 1 is 1.14 bits per heavy atom. The number of Topliss-reactive ketones (excluding diaryl/α,β-unsaturated/α-hetero) is 2. The van der Waals surface area contributed by atoms with Crippen molar-refractivity contribution in [2.45, 2.75) is 31.0 Å². The number of benzene rings is 1. The second-order valence-corrected chi connectivity index (χ2v) is 9.22. The fourth-order valence-electron chi connectivity index (χ4n) is 5.62. The van der Waals surface area contributed by atoms with Gasteiger partial charge in [-0.25, -0.2) is 0 Å². The third kappa shape index (κ3) is 3.33. The second kappa shape index (κ2) is 8.05. The topological polar surface area (TPSA) is 171 Å². The van der Waals surface area contributed by atoms with Crippen LogP contribution >= 0.6 is 0 Å². The SMILES string of the molecule is NC(=O)C1C(=O)[C@@]2(O)C(=O)C3=C(O)c4c(O)ccc(C#Cc5cccnc5)c4C[C@H]3C[C@H]2CC1O. The van der Waals surface area contributed by atoms with Crippen molar-refractivity contribution in [3.8, 4) is 17.6 Å². The summed E-state index contributed by atoms with van der Waals surface area (Å²) in [4.78, 5) is 42.3. The summed E-state index contributed by atoms with van der Waals surface area (Å²) in [6.07, 6.45) is 1.94. The molecule has 0 radical (unpaired) electrons. The zero-order valence-corrected chi connectivity index (χ0v) is 18.4. The van der Waals surface area contributed by atoms with E-state index in [9.17, 15) is 34.8 Å². The molecule has 5 atom stereocenters. The van der Waals surface area contributed by atoms with Crippen molar-refractivity contribution in [1.29, 1.82) is 0 Å². The monoisotopic (exact) mass is 474 g/mol. The zero-order valence-electron chi connectivity index (χ0n) is 18.4. The summed E-state index contributed by atoms with van der Waals surface area (Å²) >= 11 is 0. The smallest absolute Gasteiger partial charge is 0.230 e. The molecule has 3 aliphatic carbocycles. The summed E-state index contributed by atoms with van der Waals surface area (Å²) in [5.41, 5.74) is 4.22. The standard InChI is InChI=1S/C26H22N2O7/c27-25(34)21-18(30)10-15-8-14-9-16-13(4-3-12-2-1-7-28-11-12)5-6-17(29)20(16)22(31)19(14)23(32)26(15,35)24(21)33/h1-2,5-7,11,14-15,18,21,29-31,35H,8-10H2,(H2,27,34)/t14-,15+,18?,21?,26+/m1/s1. The summed E-state index contributed by atoms with van der Waals surface area (Å²) in [5, 5.41) is 43.2. The quantitative estimate of drug-likeness (QED) is 0.292. The minimum atomic E-state index is -2.59. The predicted molar refractivity (Wildman–Crippen MR) is 121 cm³/mol. The minimum absolute atomic E-state index is 0.0133. The van der Waals surface area contributed by atoms with E-state index in [0.717, 1.165) is 0 Å². The van der Waals surface area contributed by atoms with Gasteiger partial charge in [0.2, 0.25) is 11.7 Å². The molecule has 1 amide bonds. The second-order valence-electron chi connectivity index (χ2n) is 9.22. The maximum Gasteiger partial charge on any atom is 0.230 e. The lowest BCUT2D eigenvalue weighted by atomic mass is 9.56. The number of aliphatic hydroxyl groups excluding tert-OH is 2. The van der Waals surface area contributed by atoms with Gasteiger partial charge in [-0.3, -0.25) is 19.4 Å². The number of amides is 1. The molecule has 0 aliphatic heterocycles. The number of carbonyl (C=O) groups excluding carboxylic acids is 3. The van der Waals surface area contributed by atoms with Crippen LogP contribution < -0.4 is 5.73 Å². The van der Waals surface area contributed by atoms with E-state index in [1.165, 1.54) is 6.07 Å². The molecule has 1 aromatic heterocycles. The summed E-state index contributed by atoms with van der Waals surface area (Å²) in [6, 6.07) is 6.49. The first-order valence-electron chi connectivity index (χ1n) is 11.1. The molecule has 0 saturated heterocycles. The van der Waals surface area contributed by atoms with E-state index in [-0.39, 0.29) is 36.1 Å². The highest BCUT2D eigenvalue weighted by Crippen LogP contribution is 2.51. The number of nitrogens with zero attached hydrogens (tertiary/aromatic N) is 1. The maximum absolute atomic E-state index is 13.5. The number of ketones is 2. The number of carbonyl (C=O) groups is 3. The molecule has 2 aromatic rings. The third-order valence-corrected chi connectivity index (χ3v) is 7.27. The number of rotatable bonds is 1. The van der Waals surface area contributed by atoms with Crippen LogP contribution in [0.3, 0.4) is 0 Å². The first-order valence-corrected chi connectivity index (χ1v) is 11.1. The van der Waals surface area contributed by atoms with Crippen molar-refractivity contribution in [3.05, 3.63) is 64.5 Å². The van der Waals surface area contributed by atoms with Gasteiger partial charge >= 0.3 is 0 Å². The van der Waals surface area contributed by atoms with Crippen LogP contribution in [0, 0.1) is 29.6 Å². The van der Waals surface area contributed by atoms with Gasteiger partial charge in [-0.2, -0.15) is 0 Å². The molecule has 6 N–H and O–H groups in total. The first kappa shape index (κ1) is 22.8. The number of phenolic OH excluding ortho intramolecular Hbond substituents is 1. The lowest BCUT2D eigenvalue weighted by Crippen LogP contribution is -2.66.